The summed E-state index contributed by atoms with van der Waals surface area (Å²) in [4.78, 5) is 0. The lowest BCUT2D eigenvalue weighted by molar-refractivity contribution is -0.588. The van der Waals surface area contributed by atoms with E-state index in [9.17, 15) is 5.11 Å². The first-order valence-electron chi connectivity index (χ1n) is 5.00. The lowest BCUT2D eigenvalue weighted by Gasteiger charge is -2.00. The van der Waals surface area contributed by atoms with Crippen molar-refractivity contribution in [2.45, 2.75) is 0 Å². The highest BCUT2D eigenvalue weighted by atomic mass is 32.1. The SMILES string of the molecule is Oc1ccc2cccc(-[n+]3ccsc3)c2c1. The second-order valence-corrected chi connectivity index (χ2v) is 4.37. The Hall–Kier alpha value is -1.87. The number of aromatic nitrogens is 1. The Morgan fingerprint density at radius 1 is 1.12 bits per heavy atom. The molecule has 0 bridgehead atoms. The van der Waals surface area contributed by atoms with Crippen LogP contribution in [-0.4, -0.2) is 5.11 Å². The summed E-state index contributed by atoms with van der Waals surface area (Å²) in [6.07, 6.45) is 2.02. The van der Waals surface area contributed by atoms with Gasteiger partial charge in [0.1, 0.15) is 5.75 Å². The van der Waals surface area contributed by atoms with Crippen LogP contribution in [0.1, 0.15) is 0 Å². The fraction of sp³-hybridized carbons (Fsp3) is 0. The van der Waals surface area contributed by atoms with E-state index >= 15 is 0 Å². The van der Waals surface area contributed by atoms with Crippen LogP contribution in [0.15, 0.2) is 53.5 Å². The van der Waals surface area contributed by atoms with Crippen molar-refractivity contribution in [3.63, 3.8) is 0 Å². The Balaban J connectivity index is 2.36. The third-order valence-electron chi connectivity index (χ3n) is 2.60. The molecule has 0 fully saturated rings. The van der Waals surface area contributed by atoms with Gasteiger partial charge in [-0.2, -0.15) is 4.57 Å². The molecule has 78 valence electrons. The van der Waals surface area contributed by atoms with Gasteiger partial charge in [0.05, 0.1) is 10.8 Å². The molecule has 0 radical (unpaired) electrons. The standard InChI is InChI=1S/C13H9NOS/c15-11-5-4-10-2-1-3-13(12(10)8-11)14-6-7-16-9-14/h1-9H/p+1. The molecule has 1 aromatic heterocycles. The van der Waals surface area contributed by atoms with Crippen LogP contribution in [0.25, 0.3) is 16.5 Å². The quantitative estimate of drug-likeness (QED) is 0.636. The number of hydrogen-bond donors (Lipinski definition) is 1. The first kappa shape index (κ1) is 9.36. The van der Waals surface area contributed by atoms with Crippen molar-refractivity contribution >= 4 is 22.1 Å². The van der Waals surface area contributed by atoms with Gasteiger partial charge in [-0.3, -0.25) is 0 Å². The van der Waals surface area contributed by atoms with E-state index in [1.807, 2.05) is 35.3 Å². The highest BCUT2D eigenvalue weighted by Crippen LogP contribution is 2.23. The van der Waals surface area contributed by atoms with Crippen LogP contribution >= 0.6 is 11.3 Å². The number of fused-ring (bicyclic) bond motifs is 1. The van der Waals surface area contributed by atoms with E-state index in [4.69, 9.17) is 0 Å². The molecule has 3 rings (SSSR count). The molecule has 3 aromatic rings. The van der Waals surface area contributed by atoms with Crippen molar-refractivity contribution in [3.05, 3.63) is 53.5 Å². The van der Waals surface area contributed by atoms with Crippen LogP contribution in [-0.2, 0) is 0 Å². The number of rotatable bonds is 1. The molecule has 3 heteroatoms. The van der Waals surface area contributed by atoms with Crippen molar-refractivity contribution < 1.29 is 9.67 Å². The van der Waals surface area contributed by atoms with E-state index in [1.165, 1.54) is 0 Å². The van der Waals surface area contributed by atoms with Crippen LogP contribution in [0, 0.1) is 0 Å². The first-order chi connectivity index (χ1) is 7.84. The van der Waals surface area contributed by atoms with Crippen molar-refractivity contribution in [1.82, 2.24) is 0 Å². The van der Waals surface area contributed by atoms with Crippen LogP contribution < -0.4 is 4.57 Å². The summed E-state index contributed by atoms with van der Waals surface area (Å²) >= 11 is 1.65. The number of phenols is 1. The van der Waals surface area contributed by atoms with Gasteiger partial charge in [-0.05, 0) is 17.5 Å². The summed E-state index contributed by atoms with van der Waals surface area (Å²) in [6.45, 7) is 0. The van der Waals surface area contributed by atoms with E-state index in [0.717, 1.165) is 16.5 Å². The molecule has 0 saturated carbocycles. The van der Waals surface area contributed by atoms with Gasteiger partial charge in [0, 0.05) is 6.07 Å². The Bertz CT molecular complexity index is 631. The summed E-state index contributed by atoms with van der Waals surface area (Å²) in [7, 11) is 0. The van der Waals surface area contributed by atoms with Crippen molar-refractivity contribution in [1.29, 1.82) is 0 Å². The summed E-state index contributed by atoms with van der Waals surface area (Å²) in [5, 5.41) is 13.8. The number of thiazole rings is 1. The Kier molecular flexibility index (Phi) is 2.11. The van der Waals surface area contributed by atoms with Gasteiger partial charge in [0.25, 0.3) is 0 Å². The minimum absolute atomic E-state index is 0.302. The van der Waals surface area contributed by atoms with Gasteiger partial charge in [-0.1, -0.05) is 29.5 Å². The Labute approximate surface area is 97.0 Å². The molecule has 0 unspecified atom stereocenters. The molecule has 1 N–H and O–H groups in total. The van der Waals surface area contributed by atoms with E-state index in [1.54, 1.807) is 23.5 Å². The molecule has 0 atom stereocenters. The van der Waals surface area contributed by atoms with Crippen molar-refractivity contribution in [2.24, 2.45) is 0 Å². The second-order valence-electron chi connectivity index (χ2n) is 3.62. The predicted octanol–water partition coefficient (Wildman–Crippen LogP) is 2.88. The number of hydrogen-bond acceptors (Lipinski definition) is 2. The summed E-state index contributed by atoms with van der Waals surface area (Å²) in [5.41, 5.74) is 3.13. The topological polar surface area (TPSA) is 24.1 Å². The molecule has 16 heavy (non-hydrogen) atoms. The molecule has 0 aliphatic carbocycles. The molecular weight excluding hydrogens is 218 g/mol. The smallest absolute Gasteiger partial charge is 0.230 e. The van der Waals surface area contributed by atoms with Gasteiger partial charge in [0.15, 0.2) is 6.20 Å². The maximum atomic E-state index is 9.55. The number of nitrogens with zero attached hydrogens (tertiary/aromatic N) is 1. The zero-order valence-electron chi connectivity index (χ0n) is 8.50. The third kappa shape index (κ3) is 1.46. The minimum atomic E-state index is 0.302. The van der Waals surface area contributed by atoms with E-state index in [2.05, 4.69) is 10.6 Å². The number of aromatic hydroxyl groups is 1. The second kappa shape index (κ2) is 3.61. The summed E-state index contributed by atoms with van der Waals surface area (Å²) < 4.78 is 2.06. The molecule has 1 heterocycles. The van der Waals surface area contributed by atoms with Crippen LogP contribution in [0.2, 0.25) is 0 Å². The molecule has 0 aliphatic rings. The van der Waals surface area contributed by atoms with E-state index < -0.39 is 0 Å². The zero-order chi connectivity index (χ0) is 11.0. The van der Waals surface area contributed by atoms with Gasteiger partial charge < -0.3 is 5.11 Å². The average Bonchev–Trinajstić information content (AvgIpc) is 2.81. The summed E-state index contributed by atoms with van der Waals surface area (Å²) in [6, 6.07) is 11.6. The zero-order valence-corrected chi connectivity index (χ0v) is 9.32. The minimum Gasteiger partial charge on any atom is -0.508 e. The fourth-order valence-corrected chi connectivity index (χ4v) is 2.43. The largest absolute Gasteiger partial charge is 0.508 e. The maximum Gasteiger partial charge on any atom is 0.230 e. The molecule has 2 aromatic carbocycles. The fourth-order valence-electron chi connectivity index (χ4n) is 1.84. The highest BCUT2D eigenvalue weighted by Gasteiger charge is 2.10. The Morgan fingerprint density at radius 3 is 2.88 bits per heavy atom. The monoisotopic (exact) mass is 228 g/mol. The molecular formula is C13H10NOS+. The van der Waals surface area contributed by atoms with Gasteiger partial charge in [-0.15, -0.1) is 0 Å². The van der Waals surface area contributed by atoms with Gasteiger partial charge in [-0.25, -0.2) is 0 Å². The van der Waals surface area contributed by atoms with E-state index in [0.29, 0.717) is 5.75 Å². The lowest BCUT2D eigenvalue weighted by Crippen LogP contribution is -2.26. The average molecular weight is 228 g/mol. The van der Waals surface area contributed by atoms with Crippen molar-refractivity contribution in [3.8, 4) is 11.4 Å². The molecule has 2 nitrogen and oxygen atoms in total. The van der Waals surface area contributed by atoms with Gasteiger partial charge >= 0.3 is 0 Å². The molecule has 0 aliphatic heterocycles. The van der Waals surface area contributed by atoms with Crippen LogP contribution in [0.3, 0.4) is 0 Å². The molecule has 0 saturated heterocycles. The van der Waals surface area contributed by atoms with Crippen LogP contribution in [0.5, 0.6) is 5.75 Å². The molecule has 0 spiro atoms. The molecule has 0 amide bonds. The number of phenolic OH excluding ortho intramolecular Hbond substituents is 1. The summed E-state index contributed by atoms with van der Waals surface area (Å²) in [5.74, 6) is 0.302. The maximum absolute atomic E-state index is 9.55. The van der Waals surface area contributed by atoms with Crippen molar-refractivity contribution in [2.75, 3.05) is 0 Å². The first-order valence-corrected chi connectivity index (χ1v) is 5.94. The highest BCUT2D eigenvalue weighted by molar-refractivity contribution is 7.07. The lowest BCUT2D eigenvalue weighted by atomic mass is 10.1. The van der Waals surface area contributed by atoms with Crippen LogP contribution in [0.4, 0.5) is 0 Å². The van der Waals surface area contributed by atoms with Gasteiger partial charge in [0.2, 0.25) is 11.2 Å². The predicted molar refractivity (Wildman–Crippen MR) is 65.0 cm³/mol. The third-order valence-corrected chi connectivity index (χ3v) is 3.22. The Morgan fingerprint density at radius 2 is 2.06 bits per heavy atom. The normalized spacial score (nSPS) is 10.8. The van der Waals surface area contributed by atoms with E-state index in [-0.39, 0.29) is 0 Å². The number of benzene rings is 2.